The Balaban J connectivity index is 3.32. The van der Waals surface area contributed by atoms with Gasteiger partial charge in [0.2, 0.25) is 10.0 Å². The molecule has 0 aliphatic rings. The number of carbonyl (C=O) groups excluding carboxylic acids is 1. The van der Waals surface area contributed by atoms with Gasteiger partial charge < -0.3 is 5.73 Å². The molecule has 1 heterocycles. The van der Waals surface area contributed by atoms with Crippen molar-refractivity contribution in [2.75, 3.05) is 17.6 Å². The van der Waals surface area contributed by atoms with Gasteiger partial charge in [0.15, 0.2) is 0 Å². The van der Waals surface area contributed by atoms with Gasteiger partial charge in [-0.15, -0.1) is 0 Å². The molecule has 0 radical (unpaired) electrons. The lowest BCUT2D eigenvalue weighted by molar-refractivity contribution is 0.100. The van der Waals surface area contributed by atoms with Crippen LogP contribution >= 0.6 is 0 Å². The monoisotopic (exact) mass is 229 g/mol. The molecule has 15 heavy (non-hydrogen) atoms. The molecule has 1 aromatic rings. The van der Waals surface area contributed by atoms with Crippen LogP contribution in [0.25, 0.3) is 0 Å². The third-order valence-electron chi connectivity index (χ3n) is 1.90. The Kier molecular flexibility index (Phi) is 2.94. The van der Waals surface area contributed by atoms with E-state index < -0.39 is 15.9 Å². The second-order valence-electron chi connectivity index (χ2n) is 2.99. The summed E-state index contributed by atoms with van der Waals surface area (Å²) in [6, 6.07) is 1.37. The molecule has 0 saturated carbocycles. The van der Waals surface area contributed by atoms with E-state index in [1.807, 2.05) is 0 Å². The van der Waals surface area contributed by atoms with Crippen LogP contribution in [-0.2, 0) is 10.0 Å². The Bertz CT molecular complexity index is 484. The molecule has 0 atom stereocenters. The fraction of sp³-hybridized carbons (Fsp3) is 0.250. The zero-order valence-corrected chi connectivity index (χ0v) is 9.15. The quantitative estimate of drug-likeness (QED) is 0.761. The van der Waals surface area contributed by atoms with Crippen LogP contribution in [0.3, 0.4) is 0 Å². The number of anilines is 1. The van der Waals surface area contributed by atoms with Gasteiger partial charge in [0, 0.05) is 13.2 Å². The first kappa shape index (κ1) is 11.4. The average molecular weight is 229 g/mol. The van der Waals surface area contributed by atoms with Crippen molar-refractivity contribution in [2.24, 2.45) is 5.73 Å². The van der Waals surface area contributed by atoms with Gasteiger partial charge in [0.05, 0.1) is 23.7 Å². The van der Waals surface area contributed by atoms with Crippen molar-refractivity contribution in [3.63, 3.8) is 0 Å². The van der Waals surface area contributed by atoms with Crippen LogP contribution in [0.15, 0.2) is 18.5 Å². The summed E-state index contributed by atoms with van der Waals surface area (Å²) in [6.07, 6.45) is 3.69. The van der Waals surface area contributed by atoms with Crippen LogP contribution in [0.5, 0.6) is 0 Å². The molecule has 0 fully saturated rings. The summed E-state index contributed by atoms with van der Waals surface area (Å²) >= 11 is 0. The molecule has 7 heteroatoms. The predicted octanol–water partition coefficient (Wildman–Crippen LogP) is -0.424. The van der Waals surface area contributed by atoms with Crippen molar-refractivity contribution in [2.45, 2.75) is 0 Å². The van der Waals surface area contributed by atoms with Crippen molar-refractivity contribution in [3.8, 4) is 0 Å². The Labute approximate surface area is 87.8 Å². The van der Waals surface area contributed by atoms with Gasteiger partial charge in [-0.05, 0) is 6.07 Å². The van der Waals surface area contributed by atoms with E-state index in [-0.39, 0.29) is 11.3 Å². The molecule has 82 valence electrons. The van der Waals surface area contributed by atoms with Crippen LogP contribution in [0, 0.1) is 0 Å². The fourth-order valence-electron chi connectivity index (χ4n) is 1.02. The second kappa shape index (κ2) is 3.85. The molecule has 1 aromatic heterocycles. The molecule has 0 saturated heterocycles. The van der Waals surface area contributed by atoms with E-state index in [9.17, 15) is 13.2 Å². The van der Waals surface area contributed by atoms with Crippen molar-refractivity contribution >= 4 is 21.6 Å². The summed E-state index contributed by atoms with van der Waals surface area (Å²) in [5.41, 5.74) is 5.40. The number of sulfonamides is 1. The van der Waals surface area contributed by atoms with Crippen LogP contribution in [0.4, 0.5) is 5.69 Å². The first-order chi connectivity index (χ1) is 6.84. The highest BCUT2D eigenvalue weighted by Crippen LogP contribution is 2.19. The Morgan fingerprint density at radius 2 is 2.13 bits per heavy atom. The van der Waals surface area contributed by atoms with Crippen LogP contribution in [-0.4, -0.2) is 32.6 Å². The number of hydrogen-bond donors (Lipinski definition) is 1. The minimum Gasteiger partial charge on any atom is -0.366 e. The molecule has 0 aliphatic heterocycles. The van der Waals surface area contributed by atoms with Crippen molar-refractivity contribution in [3.05, 3.63) is 24.0 Å². The van der Waals surface area contributed by atoms with Crippen molar-refractivity contribution < 1.29 is 13.2 Å². The lowest BCUT2D eigenvalue weighted by Crippen LogP contribution is -2.28. The Morgan fingerprint density at radius 1 is 1.53 bits per heavy atom. The molecule has 0 aromatic carbocycles. The fourth-order valence-corrected chi connectivity index (χ4v) is 1.53. The topological polar surface area (TPSA) is 93.4 Å². The van der Waals surface area contributed by atoms with Crippen LogP contribution in [0.1, 0.15) is 10.4 Å². The predicted molar refractivity (Wildman–Crippen MR) is 56.0 cm³/mol. The summed E-state index contributed by atoms with van der Waals surface area (Å²) in [6.45, 7) is 0. The van der Waals surface area contributed by atoms with Gasteiger partial charge in [-0.25, -0.2) is 8.42 Å². The minimum absolute atomic E-state index is 0.123. The van der Waals surface area contributed by atoms with E-state index in [0.717, 1.165) is 10.6 Å². The van der Waals surface area contributed by atoms with Crippen molar-refractivity contribution in [1.82, 2.24) is 4.98 Å². The summed E-state index contributed by atoms with van der Waals surface area (Å²) in [4.78, 5) is 14.8. The van der Waals surface area contributed by atoms with Gasteiger partial charge in [0.1, 0.15) is 0 Å². The number of amides is 1. The Morgan fingerprint density at radius 3 is 2.60 bits per heavy atom. The van der Waals surface area contributed by atoms with Gasteiger partial charge in [0.25, 0.3) is 5.91 Å². The van der Waals surface area contributed by atoms with E-state index >= 15 is 0 Å². The molecular formula is C8H11N3O3S. The molecule has 0 spiro atoms. The van der Waals surface area contributed by atoms with E-state index in [2.05, 4.69) is 4.98 Å². The maximum atomic E-state index is 11.3. The summed E-state index contributed by atoms with van der Waals surface area (Å²) < 4.78 is 23.5. The number of pyridine rings is 1. The zero-order chi connectivity index (χ0) is 11.6. The number of carbonyl (C=O) groups is 1. The SMILES string of the molecule is CN(c1cnccc1C(N)=O)S(C)(=O)=O. The highest BCUT2D eigenvalue weighted by molar-refractivity contribution is 7.92. The van der Waals surface area contributed by atoms with Crippen LogP contribution in [0.2, 0.25) is 0 Å². The summed E-state index contributed by atoms with van der Waals surface area (Å²) in [5.74, 6) is -0.692. The number of hydrogen-bond acceptors (Lipinski definition) is 4. The first-order valence-corrected chi connectivity index (χ1v) is 5.86. The van der Waals surface area contributed by atoms with E-state index in [1.54, 1.807) is 0 Å². The number of nitrogens with zero attached hydrogens (tertiary/aromatic N) is 2. The van der Waals surface area contributed by atoms with Gasteiger partial charge in [-0.3, -0.25) is 14.1 Å². The van der Waals surface area contributed by atoms with Crippen molar-refractivity contribution in [1.29, 1.82) is 0 Å². The number of nitrogens with two attached hydrogens (primary N) is 1. The molecule has 1 rings (SSSR count). The summed E-state index contributed by atoms with van der Waals surface area (Å²) in [7, 11) is -2.09. The molecule has 1 amide bonds. The number of primary amides is 1. The van der Waals surface area contributed by atoms with Crippen LogP contribution < -0.4 is 10.0 Å². The number of aromatic nitrogens is 1. The maximum absolute atomic E-state index is 11.3. The first-order valence-electron chi connectivity index (χ1n) is 4.01. The molecule has 0 bridgehead atoms. The van der Waals surface area contributed by atoms with E-state index in [0.29, 0.717) is 0 Å². The highest BCUT2D eigenvalue weighted by Gasteiger charge is 2.18. The highest BCUT2D eigenvalue weighted by atomic mass is 32.2. The Hall–Kier alpha value is -1.63. The van der Waals surface area contributed by atoms with E-state index in [1.165, 1.54) is 25.5 Å². The lowest BCUT2D eigenvalue weighted by Gasteiger charge is -2.18. The maximum Gasteiger partial charge on any atom is 0.250 e. The zero-order valence-electron chi connectivity index (χ0n) is 8.34. The molecule has 0 aliphatic carbocycles. The molecule has 6 nitrogen and oxygen atoms in total. The molecule has 2 N–H and O–H groups in total. The van der Waals surface area contributed by atoms with Gasteiger partial charge in [-0.2, -0.15) is 0 Å². The molecule has 0 unspecified atom stereocenters. The lowest BCUT2D eigenvalue weighted by atomic mass is 10.2. The van der Waals surface area contributed by atoms with E-state index in [4.69, 9.17) is 5.73 Å². The van der Waals surface area contributed by atoms with Gasteiger partial charge in [-0.1, -0.05) is 0 Å². The normalized spacial score (nSPS) is 11.1. The second-order valence-corrected chi connectivity index (χ2v) is 5.00. The van der Waals surface area contributed by atoms with Gasteiger partial charge >= 0.3 is 0 Å². The standard InChI is InChI=1S/C8H11N3O3S/c1-11(15(2,13)14)7-5-10-4-3-6(7)8(9)12/h3-5H,1-2H3,(H2,9,12). The number of rotatable bonds is 3. The minimum atomic E-state index is -3.43. The smallest absolute Gasteiger partial charge is 0.250 e. The third-order valence-corrected chi connectivity index (χ3v) is 3.09. The largest absolute Gasteiger partial charge is 0.366 e. The molecular weight excluding hydrogens is 218 g/mol. The third kappa shape index (κ3) is 2.44. The summed E-state index contributed by atoms with van der Waals surface area (Å²) in [5, 5.41) is 0. The average Bonchev–Trinajstić information content (AvgIpc) is 2.15.